The largest absolute Gasteiger partial charge is 0.371 e. The number of aryl methyl sites for hydroxylation is 1. The smallest absolute Gasteiger partial charge is 0.0398 e. The molecule has 0 aromatic heterocycles. The Morgan fingerprint density at radius 2 is 2.11 bits per heavy atom. The number of fused-ring (bicyclic) bond motifs is 1. The van der Waals surface area contributed by atoms with Gasteiger partial charge in [0.25, 0.3) is 0 Å². The first-order valence-electron chi connectivity index (χ1n) is 7.16. The number of anilines is 1. The zero-order chi connectivity index (χ0) is 13.0. The molecular weight excluding hydrogens is 220 g/mol. The Morgan fingerprint density at radius 1 is 1.33 bits per heavy atom. The highest BCUT2D eigenvalue weighted by Gasteiger charge is 2.27. The zero-order valence-corrected chi connectivity index (χ0v) is 12.0. The highest BCUT2D eigenvalue weighted by molar-refractivity contribution is 5.55. The van der Waals surface area contributed by atoms with Crippen molar-refractivity contribution in [3.63, 3.8) is 0 Å². The first-order valence-corrected chi connectivity index (χ1v) is 7.16. The molecule has 100 valence electrons. The summed E-state index contributed by atoms with van der Waals surface area (Å²) in [5.74, 6) is 0. The molecule has 0 radical (unpaired) electrons. The first kappa shape index (κ1) is 13.4. The van der Waals surface area contributed by atoms with Gasteiger partial charge in [-0.3, -0.25) is 0 Å². The highest BCUT2D eigenvalue weighted by atomic mass is 15.1. The number of hydrogen-bond donors (Lipinski definition) is 1. The van der Waals surface area contributed by atoms with Gasteiger partial charge in [-0.25, -0.2) is 0 Å². The monoisotopic (exact) mass is 246 g/mol. The summed E-state index contributed by atoms with van der Waals surface area (Å²) in [4.78, 5) is 2.58. The van der Waals surface area contributed by atoms with Crippen LogP contribution in [0.4, 0.5) is 5.69 Å². The van der Waals surface area contributed by atoms with Crippen molar-refractivity contribution in [3.05, 3.63) is 29.8 Å². The lowest BCUT2D eigenvalue weighted by molar-refractivity contribution is 0.301. The Labute approximate surface area is 111 Å². The molecule has 1 aromatic rings. The van der Waals surface area contributed by atoms with Crippen molar-refractivity contribution >= 4 is 5.69 Å². The van der Waals surface area contributed by atoms with Crippen LogP contribution in [-0.4, -0.2) is 26.7 Å². The van der Waals surface area contributed by atoms with E-state index in [-0.39, 0.29) is 0 Å². The van der Waals surface area contributed by atoms with Crippen molar-refractivity contribution in [1.82, 2.24) is 5.32 Å². The lowest BCUT2D eigenvalue weighted by Gasteiger charge is -2.39. The molecule has 0 fully saturated rings. The van der Waals surface area contributed by atoms with Gasteiger partial charge in [-0.05, 0) is 43.4 Å². The quantitative estimate of drug-likeness (QED) is 0.859. The SMILES string of the molecule is CCC(C)(CNC)CN1CCCc2ccccc21. The van der Waals surface area contributed by atoms with Gasteiger partial charge in [0.2, 0.25) is 0 Å². The Bertz CT molecular complexity index is 388. The van der Waals surface area contributed by atoms with Gasteiger partial charge < -0.3 is 10.2 Å². The van der Waals surface area contributed by atoms with Crippen molar-refractivity contribution in [2.75, 3.05) is 31.6 Å². The number of benzene rings is 1. The Morgan fingerprint density at radius 3 is 2.83 bits per heavy atom. The molecule has 2 rings (SSSR count). The molecule has 1 aliphatic heterocycles. The minimum Gasteiger partial charge on any atom is -0.371 e. The molecule has 18 heavy (non-hydrogen) atoms. The molecule has 2 nitrogen and oxygen atoms in total. The van der Waals surface area contributed by atoms with E-state index in [1.807, 2.05) is 0 Å². The summed E-state index contributed by atoms with van der Waals surface area (Å²) in [6, 6.07) is 8.89. The summed E-state index contributed by atoms with van der Waals surface area (Å²) in [6.07, 6.45) is 3.74. The van der Waals surface area contributed by atoms with Crippen LogP contribution in [-0.2, 0) is 6.42 Å². The van der Waals surface area contributed by atoms with Gasteiger partial charge in [-0.2, -0.15) is 0 Å². The second-order valence-corrected chi connectivity index (χ2v) is 5.85. The molecule has 1 atom stereocenters. The van der Waals surface area contributed by atoms with E-state index in [0.717, 1.165) is 13.1 Å². The Kier molecular flexibility index (Phi) is 4.28. The van der Waals surface area contributed by atoms with Crippen molar-refractivity contribution in [3.8, 4) is 0 Å². The molecule has 0 amide bonds. The summed E-state index contributed by atoms with van der Waals surface area (Å²) < 4.78 is 0. The van der Waals surface area contributed by atoms with E-state index >= 15 is 0 Å². The number of rotatable bonds is 5. The maximum atomic E-state index is 3.35. The third kappa shape index (κ3) is 2.86. The maximum absolute atomic E-state index is 3.35. The van der Waals surface area contributed by atoms with Crippen molar-refractivity contribution in [2.24, 2.45) is 5.41 Å². The van der Waals surface area contributed by atoms with Gasteiger partial charge in [0.15, 0.2) is 0 Å². The molecule has 1 aliphatic rings. The first-order chi connectivity index (χ1) is 8.68. The van der Waals surface area contributed by atoms with E-state index in [2.05, 4.69) is 55.4 Å². The Hall–Kier alpha value is -1.02. The van der Waals surface area contributed by atoms with Crippen LogP contribution in [0.5, 0.6) is 0 Å². The number of hydrogen-bond acceptors (Lipinski definition) is 2. The molecule has 0 saturated heterocycles. The van der Waals surface area contributed by atoms with E-state index in [1.165, 1.54) is 37.1 Å². The number of nitrogens with zero attached hydrogens (tertiary/aromatic N) is 1. The van der Waals surface area contributed by atoms with Crippen LogP contribution in [0.3, 0.4) is 0 Å². The number of nitrogens with one attached hydrogen (secondary N) is 1. The summed E-state index contributed by atoms with van der Waals surface area (Å²) in [6.45, 7) is 8.13. The molecule has 1 aromatic carbocycles. The average Bonchev–Trinajstić information content (AvgIpc) is 2.39. The fourth-order valence-corrected chi connectivity index (χ4v) is 2.96. The fourth-order valence-electron chi connectivity index (χ4n) is 2.96. The van der Waals surface area contributed by atoms with E-state index in [9.17, 15) is 0 Å². The summed E-state index contributed by atoms with van der Waals surface area (Å²) in [5, 5.41) is 3.35. The van der Waals surface area contributed by atoms with Crippen LogP contribution >= 0.6 is 0 Å². The van der Waals surface area contributed by atoms with E-state index < -0.39 is 0 Å². The molecule has 0 spiro atoms. The summed E-state index contributed by atoms with van der Waals surface area (Å²) in [7, 11) is 2.05. The van der Waals surface area contributed by atoms with Gasteiger partial charge >= 0.3 is 0 Å². The van der Waals surface area contributed by atoms with Gasteiger partial charge in [-0.1, -0.05) is 32.0 Å². The minimum absolute atomic E-state index is 0.360. The van der Waals surface area contributed by atoms with Crippen LogP contribution in [0.2, 0.25) is 0 Å². The second-order valence-electron chi connectivity index (χ2n) is 5.85. The molecular formula is C16H26N2. The topological polar surface area (TPSA) is 15.3 Å². The van der Waals surface area contributed by atoms with Crippen molar-refractivity contribution in [2.45, 2.75) is 33.1 Å². The molecule has 1 N–H and O–H groups in total. The standard InChI is InChI=1S/C16H26N2/c1-4-16(2,12-17-3)13-18-11-7-9-14-8-5-6-10-15(14)18/h5-6,8,10,17H,4,7,9,11-13H2,1-3H3. The highest BCUT2D eigenvalue weighted by Crippen LogP contribution is 2.31. The van der Waals surface area contributed by atoms with Crippen LogP contribution < -0.4 is 10.2 Å². The van der Waals surface area contributed by atoms with Crippen LogP contribution in [0.15, 0.2) is 24.3 Å². The van der Waals surface area contributed by atoms with Gasteiger partial charge in [-0.15, -0.1) is 0 Å². The van der Waals surface area contributed by atoms with Gasteiger partial charge in [0.1, 0.15) is 0 Å². The third-order valence-corrected chi connectivity index (χ3v) is 4.24. The molecule has 0 saturated carbocycles. The van der Waals surface area contributed by atoms with Gasteiger partial charge in [0.05, 0.1) is 0 Å². The van der Waals surface area contributed by atoms with Gasteiger partial charge in [0, 0.05) is 25.3 Å². The molecule has 0 aliphatic carbocycles. The average molecular weight is 246 g/mol. The van der Waals surface area contributed by atoms with Crippen LogP contribution in [0.25, 0.3) is 0 Å². The van der Waals surface area contributed by atoms with Crippen LogP contribution in [0.1, 0.15) is 32.3 Å². The van der Waals surface area contributed by atoms with Crippen LogP contribution in [0, 0.1) is 5.41 Å². The minimum atomic E-state index is 0.360. The lowest BCUT2D eigenvalue weighted by atomic mass is 9.85. The molecule has 0 bridgehead atoms. The molecule has 1 heterocycles. The normalized spacial score (nSPS) is 18.3. The molecule has 1 unspecified atom stereocenters. The maximum Gasteiger partial charge on any atom is 0.0398 e. The Balaban J connectivity index is 2.15. The second kappa shape index (κ2) is 5.75. The van der Waals surface area contributed by atoms with E-state index in [4.69, 9.17) is 0 Å². The molecule has 2 heteroatoms. The zero-order valence-electron chi connectivity index (χ0n) is 12.0. The predicted molar refractivity (Wildman–Crippen MR) is 79.3 cm³/mol. The van der Waals surface area contributed by atoms with E-state index in [1.54, 1.807) is 0 Å². The lowest BCUT2D eigenvalue weighted by Crippen LogP contribution is -2.43. The van der Waals surface area contributed by atoms with Crippen molar-refractivity contribution in [1.29, 1.82) is 0 Å². The third-order valence-electron chi connectivity index (χ3n) is 4.24. The number of para-hydroxylation sites is 1. The van der Waals surface area contributed by atoms with Crippen molar-refractivity contribution < 1.29 is 0 Å². The fraction of sp³-hybridized carbons (Fsp3) is 0.625. The summed E-state index contributed by atoms with van der Waals surface area (Å²) >= 11 is 0. The predicted octanol–water partition coefficient (Wildman–Crippen LogP) is 3.07. The van der Waals surface area contributed by atoms with E-state index in [0.29, 0.717) is 5.41 Å². The summed E-state index contributed by atoms with van der Waals surface area (Å²) in [5.41, 5.74) is 3.34.